The molecule has 0 radical (unpaired) electrons. The average molecular weight is 373 g/mol. The molecule has 0 atom stereocenters. The fourth-order valence-electron chi connectivity index (χ4n) is 3.06. The van der Waals surface area contributed by atoms with E-state index in [4.69, 9.17) is 4.42 Å². The molecule has 0 fully saturated rings. The van der Waals surface area contributed by atoms with Crippen LogP contribution in [0, 0.1) is 5.41 Å². The Hall–Kier alpha value is -2.14. The lowest BCUT2D eigenvalue weighted by atomic mass is 9.87. The molecule has 1 aromatic heterocycles. The standard InChI is InChI=1S/C22H31NO4/c1-6-8-11-23(7-2)19(25)13-17-16-12-15(14-24)9-10-18(16)27-20(17)21(26)22(3,4)5/h9-10,12,24H,6-8,11,13-14H2,1-5H3. The molecule has 0 aliphatic rings. The van der Waals surface area contributed by atoms with Gasteiger partial charge in [-0.2, -0.15) is 0 Å². The van der Waals surface area contributed by atoms with Gasteiger partial charge in [-0.05, 0) is 31.0 Å². The summed E-state index contributed by atoms with van der Waals surface area (Å²) >= 11 is 0. The number of furan rings is 1. The summed E-state index contributed by atoms with van der Waals surface area (Å²) in [5.74, 6) is 0.127. The van der Waals surface area contributed by atoms with Crippen LogP contribution in [0.2, 0.25) is 0 Å². The second-order valence-corrected chi connectivity index (χ2v) is 7.98. The van der Waals surface area contributed by atoms with E-state index >= 15 is 0 Å². The first-order valence-corrected chi connectivity index (χ1v) is 9.70. The van der Waals surface area contributed by atoms with Crippen LogP contribution in [-0.4, -0.2) is 34.8 Å². The average Bonchev–Trinajstić information content (AvgIpc) is 2.98. The molecule has 0 aliphatic heterocycles. The van der Waals surface area contributed by atoms with Crippen LogP contribution < -0.4 is 0 Å². The van der Waals surface area contributed by atoms with E-state index in [-0.39, 0.29) is 30.5 Å². The van der Waals surface area contributed by atoms with Gasteiger partial charge in [-0.15, -0.1) is 0 Å². The number of fused-ring (bicyclic) bond motifs is 1. The Morgan fingerprint density at radius 1 is 1.19 bits per heavy atom. The maximum atomic E-state index is 12.9. The molecule has 0 bridgehead atoms. The first-order chi connectivity index (χ1) is 12.7. The maximum Gasteiger partial charge on any atom is 0.227 e. The molecule has 1 heterocycles. The highest BCUT2D eigenvalue weighted by Crippen LogP contribution is 2.32. The Morgan fingerprint density at radius 2 is 1.89 bits per heavy atom. The molecule has 0 saturated heterocycles. The molecule has 5 nitrogen and oxygen atoms in total. The molecule has 1 amide bonds. The van der Waals surface area contributed by atoms with Crippen molar-refractivity contribution in [1.82, 2.24) is 4.90 Å². The second-order valence-electron chi connectivity index (χ2n) is 7.98. The van der Waals surface area contributed by atoms with E-state index in [1.807, 2.05) is 38.7 Å². The molecule has 0 saturated carbocycles. The molecule has 1 N–H and O–H groups in total. The molecule has 5 heteroatoms. The van der Waals surface area contributed by atoms with Crippen molar-refractivity contribution in [1.29, 1.82) is 0 Å². The number of hydrogen-bond acceptors (Lipinski definition) is 4. The monoisotopic (exact) mass is 373 g/mol. The van der Waals surface area contributed by atoms with E-state index in [1.54, 1.807) is 12.1 Å². The minimum atomic E-state index is -0.613. The fraction of sp³-hybridized carbons (Fsp3) is 0.545. The normalized spacial score (nSPS) is 11.8. The highest BCUT2D eigenvalue weighted by molar-refractivity contribution is 6.04. The van der Waals surface area contributed by atoms with E-state index in [9.17, 15) is 14.7 Å². The summed E-state index contributed by atoms with van der Waals surface area (Å²) in [7, 11) is 0. The van der Waals surface area contributed by atoms with Gasteiger partial charge in [0, 0.05) is 29.5 Å². The summed E-state index contributed by atoms with van der Waals surface area (Å²) < 4.78 is 5.88. The SMILES string of the molecule is CCCCN(CC)C(=O)Cc1c(C(=O)C(C)(C)C)oc2ccc(CO)cc12. The number of Topliss-reactive ketones (excluding diaryl/α,β-unsaturated/α-hetero) is 1. The summed E-state index contributed by atoms with van der Waals surface area (Å²) in [6.45, 7) is 10.8. The Morgan fingerprint density at radius 3 is 2.44 bits per heavy atom. The van der Waals surface area contributed by atoms with Crippen molar-refractivity contribution in [3.8, 4) is 0 Å². The lowest BCUT2D eigenvalue weighted by Gasteiger charge is -2.21. The summed E-state index contributed by atoms with van der Waals surface area (Å²) in [5.41, 5.74) is 1.31. The van der Waals surface area contributed by atoms with Crippen LogP contribution in [0.4, 0.5) is 0 Å². The Bertz CT molecular complexity index is 814. The number of unbranched alkanes of at least 4 members (excludes halogenated alkanes) is 1. The number of likely N-dealkylation sites (N-methyl/N-ethyl adjacent to an activating group) is 1. The third-order valence-electron chi connectivity index (χ3n) is 4.77. The first-order valence-electron chi connectivity index (χ1n) is 9.70. The predicted molar refractivity (Wildman–Crippen MR) is 107 cm³/mol. The van der Waals surface area contributed by atoms with Gasteiger partial charge in [0.1, 0.15) is 5.58 Å². The Labute approximate surface area is 161 Å². The summed E-state index contributed by atoms with van der Waals surface area (Å²) in [6, 6.07) is 5.33. The van der Waals surface area contributed by atoms with Crippen LogP contribution in [0.15, 0.2) is 22.6 Å². The molecule has 0 unspecified atom stereocenters. The van der Waals surface area contributed by atoms with Gasteiger partial charge in [-0.1, -0.05) is 40.2 Å². The molecule has 0 spiro atoms. The third-order valence-corrected chi connectivity index (χ3v) is 4.77. The molecule has 2 rings (SSSR count). The van der Waals surface area contributed by atoms with Gasteiger partial charge >= 0.3 is 0 Å². The number of aliphatic hydroxyl groups excluding tert-OH is 1. The van der Waals surface area contributed by atoms with Gasteiger partial charge in [0.2, 0.25) is 11.7 Å². The highest BCUT2D eigenvalue weighted by Gasteiger charge is 2.31. The zero-order chi connectivity index (χ0) is 20.2. The Balaban J connectivity index is 2.50. The van der Waals surface area contributed by atoms with E-state index < -0.39 is 5.41 Å². The van der Waals surface area contributed by atoms with Crippen LogP contribution in [-0.2, 0) is 17.8 Å². The van der Waals surface area contributed by atoms with Crippen LogP contribution in [0.3, 0.4) is 0 Å². The number of aliphatic hydroxyl groups is 1. The number of amides is 1. The highest BCUT2D eigenvalue weighted by atomic mass is 16.3. The largest absolute Gasteiger partial charge is 0.453 e. The van der Waals surface area contributed by atoms with Gasteiger partial charge < -0.3 is 14.4 Å². The van der Waals surface area contributed by atoms with Gasteiger partial charge in [0.05, 0.1) is 13.0 Å². The number of hydrogen-bond donors (Lipinski definition) is 1. The van der Waals surface area contributed by atoms with Crippen molar-refractivity contribution >= 4 is 22.7 Å². The van der Waals surface area contributed by atoms with Gasteiger partial charge in [0.15, 0.2) is 5.76 Å². The number of ketones is 1. The minimum absolute atomic E-state index is 0.00832. The molecular formula is C22H31NO4. The van der Waals surface area contributed by atoms with Crippen molar-refractivity contribution in [2.45, 2.75) is 60.5 Å². The lowest BCUT2D eigenvalue weighted by Crippen LogP contribution is -2.33. The zero-order valence-corrected chi connectivity index (χ0v) is 17.1. The van der Waals surface area contributed by atoms with Crippen molar-refractivity contribution in [3.05, 3.63) is 35.1 Å². The zero-order valence-electron chi connectivity index (χ0n) is 17.1. The second kappa shape index (κ2) is 8.70. The van der Waals surface area contributed by atoms with Gasteiger partial charge in [-0.3, -0.25) is 9.59 Å². The van der Waals surface area contributed by atoms with Gasteiger partial charge in [-0.25, -0.2) is 0 Å². The predicted octanol–water partition coefficient (Wildman–Crippen LogP) is 4.35. The lowest BCUT2D eigenvalue weighted by molar-refractivity contribution is -0.130. The maximum absolute atomic E-state index is 12.9. The summed E-state index contributed by atoms with van der Waals surface area (Å²) in [5, 5.41) is 10.2. The van der Waals surface area contributed by atoms with E-state index in [2.05, 4.69) is 6.92 Å². The van der Waals surface area contributed by atoms with Crippen molar-refractivity contribution in [2.75, 3.05) is 13.1 Å². The quantitative estimate of drug-likeness (QED) is 0.699. The smallest absolute Gasteiger partial charge is 0.227 e. The summed E-state index contributed by atoms with van der Waals surface area (Å²) in [4.78, 5) is 27.7. The molecule has 148 valence electrons. The molecule has 27 heavy (non-hydrogen) atoms. The minimum Gasteiger partial charge on any atom is -0.453 e. The number of nitrogens with zero attached hydrogens (tertiary/aromatic N) is 1. The molecular weight excluding hydrogens is 342 g/mol. The topological polar surface area (TPSA) is 70.8 Å². The van der Waals surface area contributed by atoms with E-state index in [1.165, 1.54) is 0 Å². The van der Waals surface area contributed by atoms with Crippen LogP contribution in [0.25, 0.3) is 11.0 Å². The van der Waals surface area contributed by atoms with Crippen molar-refractivity contribution in [3.63, 3.8) is 0 Å². The molecule has 0 aliphatic carbocycles. The van der Waals surface area contributed by atoms with E-state index in [0.29, 0.717) is 24.2 Å². The third kappa shape index (κ3) is 4.78. The van der Waals surface area contributed by atoms with Crippen LogP contribution in [0.5, 0.6) is 0 Å². The van der Waals surface area contributed by atoms with Gasteiger partial charge in [0.25, 0.3) is 0 Å². The number of carbonyl (C=O) groups is 2. The number of carbonyl (C=O) groups excluding carboxylic acids is 2. The number of rotatable bonds is 8. The van der Waals surface area contributed by atoms with Crippen molar-refractivity contribution in [2.24, 2.45) is 5.41 Å². The summed E-state index contributed by atoms with van der Waals surface area (Å²) in [6.07, 6.45) is 2.09. The number of benzene rings is 1. The van der Waals surface area contributed by atoms with Crippen LogP contribution >= 0.6 is 0 Å². The van der Waals surface area contributed by atoms with E-state index in [0.717, 1.165) is 23.8 Å². The van der Waals surface area contributed by atoms with Crippen LogP contribution in [0.1, 0.15) is 69.1 Å². The Kier molecular flexibility index (Phi) is 6.82. The van der Waals surface area contributed by atoms with Crippen molar-refractivity contribution < 1.29 is 19.1 Å². The fourth-order valence-corrected chi connectivity index (χ4v) is 3.06. The molecule has 1 aromatic carbocycles. The molecule has 2 aromatic rings. The first kappa shape index (κ1) is 21.2.